The van der Waals surface area contributed by atoms with Crippen LogP contribution in [0.3, 0.4) is 0 Å². The zero-order valence-corrected chi connectivity index (χ0v) is 12.2. The SMILES string of the molecule is CCOC(=O)c1ccc(OC2CC(C)OC(C)C2)nc1. The van der Waals surface area contributed by atoms with E-state index in [2.05, 4.69) is 4.98 Å². The average Bonchev–Trinajstić information content (AvgIpc) is 2.38. The summed E-state index contributed by atoms with van der Waals surface area (Å²) in [5.41, 5.74) is 0.438. The van der Waals surface area contributed by atoms with Crippen LogP contribution in [0, 0.1) is 0 Å². The van der Waals surface area contributed by atoms with Crippen LogP contribution in [0.1, 0.15) is 44.0 Å². The normalized spacial score (nSPS) is 26.1. The molecule has 5 nitrogen and oxygen atoms in total. The summed E-state index contributed by atoms with van der Waals surface area (Å²) in [6, 6.07) is 3.38. The third-order valence-electron chi connectivity index (χ3n) is 3.19. The first kappa shape index (κ1) is 14.8. The van der Waals surface area contributed by atoms with Gasteiger partial charge in [-0.3, -0.25) is 0 Å². The smallest absolute Gasteiger partial charge is 0.339 e. The van der Waals surface area contributed by atoms with Gasteiger partial charge in [-0.05, 0) is 26.8 Å². The van der Waals surface area contributed by atoms with Gasteiger partial charge in [-0.2, -0.15) is 0 Å². The van der Waals surface area contributed by atoms with Crippen molar-refractivity contribution in [2.45, 2.75) is 51.9 Å². The standard InChI is InChI=1S/C15H21NO4/c1-4-18-15(17)12-5-6-14(16-9-12)20-13-7-10(2)19-11(3)8-13/h5-6,9-11,13H,4,7-8H2,1-3H3. The zero-order chi connectivity index (χ0) is 14.5. The third kappa shape index (κ3) is 3.93. The van der Waals surface area contributed by atoms with Gasteiger partial charge in [0.05, 0.1) is 24.4 Å². The zero-order valence-electron chi connectivity index (χ0n) is 12.2. The van der Waals surface area contributed by atoms with Crippen LogP contribution in [-0.4, -0.2) is 35.9 Å². The summed E-state index contributed by atoms with van der Waals surface area (Å²) >= 11 is 0. The second kappa shape index (κ2) is 6.70. The molecule has 1 saturated heterocycles. The topological polar surface area (TPSA) is 57.7 Å². The van der Waals surface area contributed by atoms with Crippen molar-refractivity contribution in [1.29, 1.82) is 0 Å². The second-order valence-corrected chi connectivity index (χ2v) is 5.07. The molecule has 0 saturated carbocycles. The number of ether oxygens (including phenoxy) is 3. The Hall–Kier alpha value is -1.62. The number of hydrogen-bond donors (Lipinski definition) is 0. The van der Waals surface area contributed by atoms with E-state index in [-0.39, 0.29) is 24.3 Å². The summed E-state index contributed by atoms with van der Waals surface area (Å²) in [7, 11) is 0. The van der Waals surface area contributed by atoms with E-state index >= 15 is 0 Å². The van der Waals surface area contributed by atoms with Gasteiger partial charge >= 0.3 is 5.97 Å². The Morgan fingerprint density at radius 2 is 2.05 bits per heavy atom. The van der Waals surface area contributed by atoms with Crippen molar-refractivity contribution < 1.29 is 19.0 Å². The molecule has 0 radical (unpaired) electrons. The van der Waals surface area contributed by atoms with E-state index in [9.17, 15) is 4.79 Å². The highest BCUT2D eigenvalue weighted by Gasteiger charge is 2.26. The minimum atomic E-state index is -0.361. The Labute approximate surface area is 119 Å². The molecule has 1 aliphatic heterocycles. The second-order valence-electron chi connectivity index (χ2n) is 5.07. The lowest BCUT2D eigenvalue weighted by Gasteiger charge is -2.31. The molecular formula is C15H21NO4. The molecule has 2 unspecified atom stereocenters. The quantitative estimate of drug-likeness (QED) is 0.793. The number of aromatic nitrogens is 1. The van der Waals surface area contributed by atoms with Crippen molar-refractivity contribution in [2.75, 3.05) is 6.61 Å². The fourth-order valence-corrected chi connectivity index (χ4v) is 2.40. The molecule has 0 spiro atoms. The van der Waals surface area contributed by atoms with Crippen LogP contribution in [-0.2, 0) is 9.47 Å². The van der Waals surface area contributed by atoms with E-state index in [4.69, 9.17) is 14.2 Å². The van der Waals surface area contributed by atoms with Crippen LogP contribution in [0.5, 0.6) is 5.88 Å². The van der Waals surface area contributed by atoms with Gasteiger partial charge in [0, 0.05) is 25.1 Å². The molecule has 2 atom stereocenters. The Kier molecular flexibility index (Phi) is 4.95. The number of nitrogens with zero attached hydrogens (tertiary/aromatic N) is 1. The van der Waals surface area contributed by atoms with E-state index in [1.807, 2.05) is 13.8 Å². The number of hydrogen-bond acceptors (Lipinski definition) is 5. The fourth-order valence-electron chi connectivity index (χ4n) is 2.40. The molecule has 0 amide bonds. The first-order valence-corrected chi connectivity index (χ1v) is 7.03. The van der Waals surface area contributed by atoms with Crippen molar-refractivity contribution in [3.63, 3.8) is 0 Å². The maximum absolute atomic E-state index is 11.5. The van der Waals surface area contributed by atoms with E-state index in [0.29, 0.717) is 18.1 Å². The predicted octanol–water partition coefficient (Wildman–Crippen LogP) is 2.59. The van der Waals surface area contributed by atoms with Gasteiger partial charge in [-0.15, -0.1) is 0 Å². The van der Waals surface area contributed by atoms with Crippen molar-refractivity contribution in [2.24, 2.45) is 0 Å². The number of esters is 1. The molecule has 1 fully saturated rings. The van der Waals surface area contributed by atoms with E-state index < -0.39 is 0 Å². The Bertz CT molecular complexity index is 436. The molecule has 20 heavy (non-hydrogen) atoms. The Morgan fingerprint density at radius 3 is 2.60 bits per heavy atom. The lowest BCUT2D eigenvalue weighted by Crippen LogP contribution is -2.35. The molecule has 110 valence electrons. The summed E-state index contributed by atoms with van der Waals surface area (Å²) in [6.07, 6.45) is 3.69. The van der Waals surface area contributed by atoms with Gasteiger partial charge in [0.1, 0.15) is 6.10 Å². The predicted molar refractivity (Wildman–Crippen MR) is 73.9 cm³/mol. The Morgan fingerprint density at radius 1 is 1.35 bits per heavy atom. The molecule has 1 aromatic heterocycles. The number of carbonyl (C=O) groups is 1. The first-order valence-electron chi connectivity index (χ1n) is 7.03. The summed E-state index contributed by atoms with van der Waals surface area (Å²) < 4.78 is 16.4. The lowest BCUT2D eigenvalue weighted by molar-refractivity contribution is -0.0729. The van der Waals surface area contributed by atoms with Crippen molar-refractivity contribution in [3.05, 3.63) is 23.9 Å². The number of pyridine rings is 1. The monoisotopic (exact) mass is 279 g/mol. The molecule has 2 rings (SSSR count). The van der Waals surface area contributed by atoms with Crippen LogP contribution in [0.25, 0.3) is 0 Å². The molecule has 2 heterocycles. The summed E-state index contributed by atoms with van der Waals surface area (Å²) in [5.74, 6) is 0.171. The molecule has 5 heteroatoms. The third-order valence-corrected chi connectivity index (χ3v) is 3.19. The highest BCUT2D eigenvalue weighted by Crippen LogP contribution is 2.23. The van der Waals surface area contributed by atoms with E-state index in [1.54, 1.807) is 19.1 Å². The van der Waals surface area contributed by atoms with Gasteiger partial charge in [-0.1, -0.05) is 0 Å². The molecule has 0 bridgehead atoms. The van der Waals surface area contributed by atoms with Crippen LogP contribution < -0.4 is 4.74 Å². The van der Waals surface area contributed by atoms with Crippen LogP contribution >= 0.6 is 0 Å². The molecule has 0 aromatic carbocycles. The molecular weight excluding hydrogens is 258 g/mol. The van der Waals surface area contributed by atoms with Crippen LogP contribution in [0.2, 0.25) is 0 Å². The largest absolute Gasteiger partial charge is 0.474 e. The van der Waals surface area contributed by atoms with E-state index in [1.165, 1.54) is 6.20 Å². The first-order chi connectivity index (χ1) is 9.58. The summed E-state index contributed by atoms with van der Waals surface area (Å²) in [6.45, 7) is 6.22. The van der Waals surface area contributed by atoms with Crippen molar-refractivity contribution in [1.82, 2.24) is 4.98 Å². The fraction of sp³-hybridized carbons (Fsp3) is 0.600. The minimum Gasteiger partial charge on any atom is -0.474 e. The van der Waals surface area contributed by atoms with Crippen molar-refractivity contribution >= 4 is 5.97 Å². The lowest BCUT2D eigenvalue weighted by atomic mass is 10.0. The highest BCUT2D eigenvalue weighted by atomic mass is 16.5. The molecule has 1 aromatic rings. The number of carbonyl (C=O) groups excluding carboxylic acids is 1. The van der Waals surface area contributed by atoms with Gasteiger partial charge in [-0.25, -0.2) is 9.78 Å². The van der Waals surface area contributed by atoms with Gasteiger partial charge in [0.2, 0.25) is 5.88 Å². The maximum atomic E-state index is 11.5. The van der Waals surface area contributed by atoms with Gasteiger partial charge in [0.25, 0.3) is 0 Å². The van der Waals surface area contributed by atoms with E-state index in [0.717, 1.165) is 12.8 Å². The van der Waals surface area contributed by atoms with Gasteiger partial charge < -0.3 is 14.2 Å². The number of rotatable bonds is 4. The van der Waals surface area contributed by atoms with Crippen LogP contribution in [0.15, 0.2) is 18.3 Å². The Balaban J connectivity index is 1.95. The average molecular weight is 279 g/mol. The van der Waals surface area contributed by atoms with Crippen LogP contribution in [0.4, 0.5) is 0 Å². The maximum Gasteiger partial charge on any atom is 0.339 e. The molecule has 0 aliphatic carbocycles. The summed E-state index contributed by atoms with van der Waals surface area (Å²) in [5, 5.41) is 0. The summed E-state index contributed by atoms with van der Waals surface area (Å²) in [4.78, 5) is 15.7. The van der Waals surface area contributed by atoms with Crippen molar-refractivity contribution in [3.8, 4) is 5.88 Å². The molecule has 0 N–H and O–H groups in total. The minimum absolute atomic E-state index is 0.106. The van der Waals surface area contributed by atoms with Gasteiger partial charge in [0.15, 0.2) is 0 Å². The molecule has 1 aliphatic rings. The highest BCUT2D eigenvalue weighted by molar-refractivity contribution is 5.89.